The van der Waals surface area contributed by atoms with Crippen molar-refractivity contribution in [1.29, 1.82) is 0 Å². The Morgan fingerprint density at radius 3 is 2.75 bits per heavy atom. The lowest BCUT2D eigenvalue weighted by molar-refractivity contribution is 0.270. The fourth-order valence-corrected chi connectivity index (χ4v) is 1.14. The average molecular weight is 189 g/mol. The molecule has 0 aliphatic carbocycles. The summed E-state index contributed by atoms with van der Waals surface area (Å²) in [6.07, 6.45) is 0. The van der Waals surface area contributed by atoms with Crippen molar-refractivity contribution in [2.45, 2.75) is 13.5 Å². The summed E-state index contributed by atoms with van der Waals surface area (Å²) in [6.45, 7) is 3.36. The Morgan fingerprint density at radius 2 is 2.33 bits per heavy atom. The highest BCUT2D eigenvalue weighted by Gasteiger charge is 2.08. The van der Waals surface area contributed by atoms with Crippen molar-refractivity contribution < 1.29 is 13.5 Å². The van der Waals surface area contributed by atoms with Crippen LogP contribution in [0.25, 0.3) is 0 Å². The van der Waals surface area contributed by atoms with Crippen molar-refractivity contribution in [3.05, 3.63) is 23.7 Å². The quantitative estimate of drug-likeness (QED) is 0.737. The maximum Gasteiger partial charge on any atom is 0.264 e. The van der Waals surface area contributed by atoms with Crippen molar-refractivity contribution >= 4 is 7.52 Å². The number of aryl methyl sites for hydroxylation is 1. The zero-order valence-corrected chi connectivity index (χ0v) is 8.01. The number of hydrogen-bond donors (Lipinski definition) is 1. The van der Waals surface area contributed by atoms with Crippen LogP contribution in [0.3, 0.4) is 0 Å². The molecule has 0 saturated carbocycles. The minimum Gasteiger partial charge on any atom is -0.464 e. The summed E-state index contributed by atoms with van der Waals surface area (Å²) in [4.78, 5) is 0. The summed E-state index contributed by atoms with van der Waals surface area (Å²) in [5.41, 5.74) is 5.18. The molecule has 0 spiro atoms. The first-order chi connectivity index (χ1) is 5.47. The Labute approximate surface area is 71.2 Å². The van der Waals surface area contributed by atoms with Gasteiger partial charge in [-0.1, -0.05) is 0 Å². The van der Waals surface area contributed by atoms with Crippen LogP contribution in [-0.2, 0) is 15.7 Å². The van der Waals surface area contributed by atoms with Gasteiger partial charge >= 0.3 is 0 Å². The van der Waals surface area contributed by atoms with E-state index in [2.05, 4.69) is 0 Å². The third-order valence-electron chi connectivity index (χ3n) is 1.26. The first-order valence-electron chi connectivity index (χ1n) is 3.53. The topological polar surface area (TPSA) is 65.5 Å². The minimum absolute atomic E-state index is 0.165. The molecule has 2 N–H and O–H groups in total. The Bertz CT molecular complexity index is 301. The lowest BCUT2D eigenvalue weighted by Gasteiger charge is -2.05. The van der Waals surface area contributed by atoms with Gasteiger partial charge in [0.05, 0.1) is 0 Å². The predicted molar refractivity (Wildman–Crippen MR) is 46.0 cm³/mol. The molecular weight excluding hydrogens is 177 g/mol. The summed E-state index contributed by atoms with van der Waals surface area (Å²) < 4.78 is 21.0. The van der Waals surface area contributed by atoms with Gasteiger partial charge in [0, 0.05) is 6.66 Å². The van der Waals surface area contributed by atoms with Gasteiger partial charge in [0.25, 0.3) is 7.52 Å². The molecule has 0 aliphatic rings. The Hall–Kier alpha value is -0.570. The molecule has 0 aliphatic heterocycles. The van der Waals surface area contributed by atoms with Crippen LogP contribution in [0.15, 0.2) is 16.5 Å². The Kier molecular flexibility index (Phi) is 2.73. The van der Waals surface area contributed by atoms with Crippen LogP contribution in [0.1, 0.15) is 11.5 Å². The molecule has 0 radical (unpaired) electrons. The van der Waals surface area contributed by atoms with E-state index >= 15 is 0 Å². The third-order valence-corrected chi connectivity index (χ3v) is 1.90. The number of nitrogens with two attached hydrogens (primary N) is 1. The standard InChI is InChI=1S/C7H12NO3P/c1-6-3-4-7(11-6)5-10-12(2,8)9/h3-4H,5H2,1-2H3,(H2,8,9). The monoisotopic (exact) mass is 189 g/mol. The molecule has 0 saturated heterocycles. The number of hydrogen-bond acceptors (Lipinski definition) is 3. The van der Waals surface area contributed by atoms with Crippen LogP contribution in [0.5, 0.6) is 0 Å². The van der Waals surface area contributed by atoms with E-state index in [1.54, 1.807) is 6.07 Å². The molecule has 0 aromatic carbocycles. The first kappa shape index (κ1) is 9.52. The highest BCUT2D eigenvalue weighted by atomic mass is 31.2. The van der Waals surface area contributed by atoms with Crippen LogP contribution in [0.4, 0.5) is 0 Å². The van der Waals surface area contributed by atoms with Crippen LogP contribution in [-0.4, -0.2) is 6.66 Å². The van der Waals surface area contributed by atoms with Crippen molar-refractivity contribution in [1.82, 2.24) is 0 Å². The first-order valence-corrected chi connectivity index (χ1v) is 5.67. The van der Waals surface area contributed by atoms with Gasteiger partial charge in [-0.2, -0.15) is 0 Å². The van der Waals surface area contributed by atoms with Gasteiger partial charge in [-0.15, -0.1) is 0 Å². The average Bonchev–Trinajstić information content (AvgIpc) is 2.30. The summed E-state index contributed by atoms with van der Waals surface area (Å²) in [5.74, 6) is 1.44. The lowest BCUT2D eigenvalue weighted by Crippen LogP contribution is -1.97. The molecule has 1 atom stereocenters. The molecule has 5 heteroatoms. The molecule has 4 nitrogen and oxygen atoms in total. The molecule has 0 fully saturated rings. The second kappa shape index (κ2) is 3.44. The van der Waals surface area contributed by atoms with E-state index in [-0.39, 0.29) is 6.61 Å². The molecule has 1 unspecified atom stereocenters. The van der Waals surface area contributed by atoms with Crippen LogP contribution in [0.2, 0.25) is 0 Å². The second-order valence-electron chi connectivity index (χ2n) is 2.69. The summed E-state index contributed by atoms with van der Waals surface area (Å²) in [6, 6.07) is 3.58. The van der Waals surface area contributed by atoms with Crippen molar-refractivity contribution in [2.24, 2.45) is 5.50 Å². The lowest BCUT2D eigenvalue weighted by atomic mass is 10.4. The fraction of sp³-hybridized carbons (Fsp3) is 0.429. The molecule has 1 rings (SSSR count). The van der Waals surface area contributed by atoms with E-state index in [0.29, 0.717) is 5.76 Å². The van der Waals surface area contributed by atoms with Gasteiger partial charge < -0.3 is 8.94 Å². The zero-order chi connectivity index (χ0) is 9.19. The molecule has 0 amide bonds. The number of furan rings is 1. The van der Waals surface area contributed by atoms with Crippen molar-refractivity contribution in [3.8, 4) is 0 Å². The van der Waals surface area contributed by atoms with Gasteiger partial charge in [-0.25, -0.2) is 0 Å². The normalized spacial score (nSPS) is 15.9. The Balaban J connectivity index is 2.49. The molecule has 1 heterocycles. The third kappa shape index (κ3) is 3.22. The maximum absolute atomic E-state index is 10.9. The summed E-state index contributed by atoms with van der Waals surface area (Å²) in [7, 11) is -2.88. The van der Waals surface area contributed by atoms with Crippen molar-refractivity contribution in [3.63, 3.8) is 0 Å². The molecular formula is C7H12NO3P. The molecule has 1 aromatic rings. The van der Waals surface area contributed by atoms with E-state index in [1.807, 2.05) is 13.0 Å². The summed E-state index contributed by atoms with van der Waals surface area (Å²) >= 11 is 0. The zero-order valence-electron chi connectivity index (χ0n) is 7.11. The summed E-state index contributed by atoms with van der Waals surface area (Å²) in [5, 5.41) is 0. The number of rotatable bonds is 3. The largest absolute Gasteiger partial charge is 0.464 e. The highest BCUT2D eigenvalue weighted by Crippen LogP contribution is 2.33. The van der Waals surface area contributed by atoms with Gasteiger partial charge in [0.15, 0.2) is 0 Å². The van der Waals surface area contributed by atoms with E-state index in [4.69, 9.17) is 14.4 Å². The van der Waals surface area contributed by atoms with Gasteiger partial charge in [-0.05, 0) is 19.1 Å². The maximum atomic E-state index is 10.9. The van der Waals surface area contributed by atoms with Crippen LogP contribution >= 0.6 is 7.52 Å². The van der Waals surface area contributed by atoms with E-state index in [9.17, 15) is 4.57 Å². The van der Waals surface area contributed by atoms with Gasteiger partial charge in [-0.3, -0.25) is 10.1 Å². The molecule has 68 valence electrons. The van der Waals surface area contributed by atoms with Crippen LogP contribution in [0, 0.1) is 6.92 Å². The Morgan fingerprint density at radius 1 is 1.67 bits per heavy atom. The molecule has 0 bridgehead atoms. The van der Waals surface area contributed by atoms with Crippen LogP contribution < -0.4 is 5.50 Å². The van der Waals surface area contributed by atoms with Crippen molar-refractivity contribution in [2.75, 3.05) is 6.66 Å². The van der Waals surface area contributed by atoms with Gasteiger partial charge in [0.2, 0.25) is 0 Å². The highest BCUT2D eigenvalue weighted by molar-refractivity contribution is 7.55. The fourth-order valence-electron chi connectivity index (χ4n) is 0.754. The molecule has 1 aromatic heterocycles. The van der Waals surface area contributed by atoms with E-state index in [0.717, 1.165) is 5.76 Å². The molecule has 12 heavy (non-hydrogen) atoms. The van der Waals surface area contributed by atoms with E-state index < -0.39 is 7.52 Å². The predicted octanol–water partition coefficient (Wildman–Crippen LogP) is 1.89. The smallest absolute Gasteiger partial charge is 0.264 e. The SMILES string of the molecule is Cc1ccc(COP(C)(N)=O)o1. The van der Waals surface area contributed by atoms with E-state index in [1.165, 1.54) is 6.66 Å². The second-order valence-corrected chi connectivity index (χ2v) is 4.77. The van der Waals surface area contributed by atoms with Gasteiger partial charge in [0.1, 0.15) is 18.1 Å². The minimum atomic E-state index is -2.88.